The maximum atomic E-state index is 12.2. The Morgan fingerprint density at radius 1 is 1.20 bits per heavy atom. The number of rotatable bonds is 5. The molecule has 0 fully saturated rings. The van der Waals surface area contributed by atoms with E-state index in [1.807, 2.05) is 43.3 Å². The van der Waals surface area contributed by atoms with E-state index >= 15 is 0 Å². The lowest BCUT2D eigenvalue weighted by molar-refractivity contribution is 0.0934. The van der Waals surface area contributed by atoms with Crippen LogP contribution in [0, 0.1) is 6.92 Å². The number of hydrogen-bond acceptors (Lipinski definition) is 4. The quantitative estimate of drug-likeness (QED) is 0.736. The van der Waals surface area contributed by atoms with Crippen molar-refractivity contribution in [3.8, 4) is 17.1 Å². The van der Waals surface area contributed by atoms with E-state index in [0.717, 1.165) is 16.8 Å². The molecule has 0 aliphatic carbocycles. The molecular formula is C18H17ClN4O2. The second-order valence-electron chi connectivity index (χ2n) is 5.44. The maximum absolute atomic E-state index is 12.2. The molecule has 0 radical (unpaired) electrons. The Balaban J connectivity index is 2.11. The van der Waals surface area contributed by atoms with Gasteiger partial charge in [-0.15, -0.1) is 5.10 Å². The zero-order chi connectivity index (χ0) is 17.8. The second-order valence-corrected chi connectivity index (χ2v) is 5.88. The molecule has 1 amide bonds. The van der Waals surface area contributed by atoms with Crippen molar-refractivity contribution in [2.24, 2.45) is 0 Å². The number of aromatic nitrogens is 3. The highest BCUT2D eigenvalue weighted by Gasteiger charge is 2.19. The molecule has 1 aromatic heterocycles. The Bertz CT molecular complexity index is 890. The topological polar surface area (TPSA) is 80.0 Å². The van der Waals surface area contributed by atoms with E-state index in [-0.39, 0.29) is 19.0 Å². The molecule has 2 aromatic carbocycles. The van der Waals surface area contributed by atoms with Gasteiger partial charge in [0.25, 0.3) is 5.91 Å². The molecule has 25 heavy (non-hydrogen) atoms. The summed E-state index contributed by atoms with van der Waals surface area (Å²) < 4.78 is 1.65. The molecule has 0 saturated carbocycles. The third-order valence-electron chi connectivity index (χ3n) is 3.65. The zero-order valence-electron chi connectivity index (χ0n) is 13.6. The van der Waals surface area contributed by atoms with Gasteiger partial charge >= 0.3 is 0 Å². The first-order valence-corrected chi connectivity index (χ1v) is 8.16. The molecule has 0 unspecified atom stereocenters. The summed E-state index contributed by atoms with van der Waals surface area (Å²) in [5.74, 6) is 0.151. The normalized spacial score (nSPS) is 10.7. The fraction of sp³-hybridized carbons (Fsp3) is 0.167. The van der Waals surface area contributed by atoms with Crippen molar-refractivity contribution in [1.82, 2.24) is 20.1 Å². The molecule has 0 aliphatic heterocycles. The molecule has 0 saturated heterocycles. The van der Waals surface area contributed by atoms with Crippen molar-refractivity contribution in [3.05, 3.63) is 64.9 Å². The van der Waals surface area contributed by atoms with Crippen LogP contribution < -0.4 is 5.32 Å². The van der Waals surface area contributed by atoms with Crippen LogP contribution in [0.1, 0.15) is 16.2 Å². The minimum atomic E-state index is -0.434. The monoisotopic (exact) mass is 356 g/mol. The standard InChI is InChI=1S/C18H17ClN4O2/c1-12-4-2-3-5-15(12)23-17(13-6-8-14(19)9-7-13)21-16(22-23)18(25)20-10-11-24/h2-9,24H,10-11H2,1H3,(H,20,25). The predicted octanol–water partition coefficient (Wildman–Crippen LogP) is 2.62. The Hall–Kier alpha value is -2.70. The van der Waals surface area contributed by atoms with E-state index in [1.165, 1.54) is 0 Å². The minimum Gasteiger partial charge on any atom is -0.395 e. The van der Waals surface area contributed by atoms with Crippen LogP contribution in [0.15, 0.2) is 48.5 Å². The molecule has 3 aromatic rings. The van der Waals surface area contributed by atoms with E-state index in [4.69, 9.17) is 16.7 Å². The number of aliphatic hydroxyl groups excluding tert-OH is 1. The van der Waals surface area contributed by atoms with Crippen molar-refractivity contribution in [2.45, 2.75) is 6.92 Å². The molecule has 3 rings (SSSR count). The summed E-state index contributed by atoms with van der Waals surface area (Å²) >= 11 is 5.96. The highest BCUT2D eigenvalue weighted by Crippen LogP contribution is 2.24. The van der Waals surface area contributed by atoms with Gasteiger partial charge in [0, 0.05) is 17.1 Å². The number of nitrogens with zero attached hydrogens (tertiary/aromatic N) is 3. The zero-order valence-corrected chi connectivity index (χ0v) is 14.4. The number of carbonyl (C=O) groups is 1. The summed E-state index contributed by atoms with van der Waals surface area (Å²) in [6.07, 6.45) is 0. The van der Waals surface area contributed by atoms with Crippen LogP contribution in [0.3, 0.4) is 0 Å². The molecular weight excluding hydrogens is 340 g/mol. The van der Waals surface area contributed by atoms with Gasteiger partial charge in [0.05, 0.1) is 12.3 Å². The largest absolute Gasteiger partial charge is 0.395 e. The molecule has 0 bridgehead atoms. The van der Waals surface area contributed by atoms with Crippen molar-refractivity contribution < 1.29 is 9.90 Å². The molecule has 1 heterocycles. The Morgan fingerprint density at radius 3 is 2.60 bits per heavy atom. The molecule has 0 spiro atoms. The van der Waals surface area contributed by atoms with Crippen LogP contribution in [0.25, 0.3) is 17.1 Å². The van der Waals surface area contributed by atoms with Crippen LogP contribution in [-0.2, 0) is 0 Å². The third kappa shape index (κ3) is 3.70. The smallest absolute Gasteiger partial charge is 0.291 e. The Morgan fingerprint density at radius 2 is 1.92 bits per heavy atom. The number of para-hydroxylation sites is 1. The molecule has 2 N–H and O–H groups in total. The van der Waals surface area contributed by atoms with Crippen LogP contribution in [0.5, 0.6) is 0 Å². The van der Waals surface area contributed by atoms with Crippen molar-refractivity contribution >= 4 is 17.5 Å². The number of aliphatic hydroxyl groups is 1. The van der Waals surface area contributed by atoms with Crippen LogP contribution in [0.4, 0.5) is 0 Å². The second kappa shape index (κ2) is 7.46. The van der Waals surface area contributed by atoms with Gasteiger partial charge in [-0.05, 0) is 42.8 Å². The summed E-state index contributed by atoms with van der Waals surface area (Å²) in [5.41, 5.74) is 2.63. The number of carbonyl (C=O) groups excluding carboxylic acids is 1. The Labute approximate surface area is 150 Å². The number of halogens is 1. The van der Waals surface area contributed by atoms with Gasteiger partial charge in [-0.1, -0.05) is 29.8 Å². The van der Waals surface area contributed by atoms with Gasteiger partial charge < -0.3 is 10.4 Å². The molecule has 128 valence electrons. The SMILES string of the molecule is Cc1ccccc1-n1nc(C(=O)NCCO)nc1-c1ccc(Cl)cc1. The maximum Gasteiger partial charge on any atom is 0.291 e. The van der Waals surface area contributed by atoms with E-state index in [2.05, 4.69) is 15.4 Å². The van der Waals surface area contributed by atoms with E-state index in [0.29, 0.717) is 10.8 Å². The first-order chi connectivity index (χ1) is 12.1. The lowest BCUT2D eigenvalue weighted by Crippen LogP contribution is -2.27. The van der Waals surface area contributed by atoms with Gasteiger partial charge in [-0.25, -0.2) is 9.67 Å². The predicted molar refractivity (Wildman–Crippen MR) is 96.0 cm³/mol. The molecule has 0 atom stereocenters. The lowest BCUT2D eigenvalue weighted by Gasteiger charge is -2.08. The van der Waals surface area contributed by atoms with Gasteiger partial charge in [0.15, 0.2) is 5.82 Å². The third-order valence-corrected chi connectivity index (χ3v) is 3.91. The highest BCUT2D eigenvalue weighted by atomic mass is 35.5. The van der Waals surface area contributed by atoms with E-state index < -0.39 is 5.91 Å². The fourth-order valence-corrected chi connectivity index (χ4v) is 2.54. The number of amides is 1. The number of aryl methyl sites for hydroxylation is 1. The summed E-state index contributed by atoms with van der Waals surface area (Å²) in [6, 6.07) is 14.9. The number of nitrogens with one attached hydrogen (secondary N) is 1. The average Bonchev–Trinajstić information content (AvgIpc) is 3.06. The average molecular weight is 357 g/mol. The van der Waals surface area contributed by atoms with Crippen molar-refractivity contribution in [1.29, 1.82) is 0 Å². The molecule has 6 nitrogen and oxygen atoms in total. The highest BCUT2D eigenvalue weighted by molar-refractivity contribution is 6.30. The van der Waals surface area contributed by atoms with Crippen molar-refractivity contribution in [3.63, 3.8) is 0 Å². The first kappa shape index (κ1) is 17.1. The van der Waals surface area contributed by atoms with Gasteiger partial charge in [-0.3, -0.25) is 4.79 Å². The van der Waals surface area contributed by atoms with Crippen molar-refractivity contribution in [2.75, 3.05) is 13.2 Å². The fourth-order valence-electron chi connectivity index (χ4n) is 2.41. The van der Waals surface area contributed by atoms with Crippen LogP contribution in [-0.4, -0.2) is 38.9 Å². The first-order valence-electron chi connectivity index (χ1n) is 7.78. The Kier molecular flexibility index (Phi) is 5.11. The van der Waals surface area contributed by atoms with Crippen LogP contribution >= 0.6 is 11.6 Å². The summed E-state index contributed by atoms with van der Waals surface area (Å²) in [6.45, 7) is 1.97. The molecule has 0 aliphatic rings. The van der Waals surface area contributed by atoms with Gasteiger partial charge in [0.1, 0.15) is 0 Å². The van der Waals surface area contributed by atoms with E-state index in [9.17, 15) is 4.79 Å². The lowest BCUT2D eigenvalue weighted by atomic mass is 10.2. The molecule has 7 heteroatoms. The summed E-state index contributed by atoms with van der Waals surface area (Å²) in [5, 5.41) is 16.4. The van der Waals surface area contributed by atoms with Gasteiger partial charge in [0.2, 0.25) is 5.82 Å². The summed E-state index contributed by atoms with van der Waals surface area (Å²) in [7, 11) is 0. The minimum absolute atomic E-state index is 0.0432. The van der Waals surface area contributed by atoms with E-state index in [1.54, 1.807) is 16.8 Å². The number of hydrogen-bond donors (Lipinski definition) is 2. The summed E-state index contributed by atoms with van der Waals surface area (Å²) in [4.78, 5) is 16.6. The van der Waals surface area contributed by atoms with Gasteiger partial charge in [-0.2, -0.15) is 0 Å². The number of benzene rings is 2. The van der Waals surface area contributed by atoms with Crippen LogP contribution in [0.2, 0.25) is 5.02 Å².